The summed E-state index contributed by atoms with van der Waals surface area (Å²) < 4.78 is 41.2. The van der Waals surface area contributed by atoms with E-state index >= 15 is 0 Å². The molecule has 0 saturated heterocycles. The molecule has 4 rings (SSSR count). The van der Waals surface area contributed by atoms with Crippen LogP contribution in [0.15, 0.2) is 35.3 Å². The zero-order valence-electron chi connectivity index (χ0n) is 15.7. The molecule has 2 N–H and O–H groups in total. The summed E-state index contributed by atoms with van der Waals surface area (Å²) in [5, 5.41) is 11.7. The van der Waals surface area contributed by atoms with Gasteiger partial charge in [-0.1, -0.05) is 0 Å². The quantitative estimate of drug-likeness (QED) is 0.688. The van der Waals surface area contributed by atoms with Crippen molar-refractivity contribution >= 4 is 16.8 Å². The topological polar surface area (TPSA) is 98.6 Å². The number of carbonyl (C=O) groups excluding carboxylic acids is 1. The van der Waals surface area contributed by atoms with Crippen molar-refractivity contribution in [2.75, 3.05) is 0 Å². The lowest BCUT2D eigenvalue weighted by atomic mass is 9.94. The van der Waals surface area contributed by atoms with E-state index in [2.05, 4.69) is 15.3 Å². The molecule has 3 aromatic rings. The Morgan fingerprint density at radius 2 is 1.90 bits per heavy atom. The molecule has 1 aliphatic carbocycles. The molecule has 0 aliphatic heterocycles. The van der Waals surface area contributed by atoms with Gasteiger partial charge in [0.2, 0.25) is 5.91 Å². The first-order valence-electron chi connectivity index (χ1n) is 9.14. The number of pyridine rings is 2. The molecule has 2 heterocycles. The van der Waals surface area contributed by atoms with Crippen LogP contribution in [0.5, 0.6) is 0 Å². The number of carbonyl (C=O) groups is 1. The molecule has 6 nitrogen and oxygen atoms in total. The highest BCUT2D eigenvalue weighted by molar-refractivity contribution is 5.92. The predicted octanol–water partition coefficient (Wildman–Crippen LogP) is 3.12. The van der Waals surface area contributed by atoms with Gasteiger partial charge >= 0.3 is 0 Å². The Labute approximate surface area is 168 Å². The molecule has 1 amide bonds. The molecule has 152 valence electrons. The van der Waals surface area contributed by atoms with Crippen molar-refractivity contribution in [3.8, 4) is 6.07 Å². The minimum Gasteiger partial charge on any atom is -0.347 e. The summed E-state index contributed by atoms with van der Waals surface area (Å²) >= 11 is 0. The van der Waals surface area contributed by atoms with Crippen LogP contribution in [-0.2, 0) is 10.2 Å². The Kier molecular flexibility index (Phi) is 4.57. The van der Waals surface area contributed by atoms with Crippen LogP contribution < -0.4 is 10.9 Å². The summed E-state index contributed by atoms with van der Waals surface area (Å²) in [5.74, 6) is -3.37. The Morgan fingerprint density at radius 3 is 2.53 bits per heavy atom. The van der Waals surface area contributed by atoms with Crippen LogP contribution in [0.2, 0.25) is 0 Å². The Hall–Kier alpha value is -3.67. The van der Waals surface area contributed by atoms with Crippen molar-refractivity contribution in [2.45, 2.75) is 31.2 Å². The lowest BCUT2D eigenvalue weighted by Crippen LogP contribution is -2.39. The number of benzene rings is 1. The van der Waals surface area contributed by atoms with Crippen molar-refractivity contribution < 1.29 is 18.0 Å². The summed E-state index contributed by atoms with van der Waals surface area (Å²) in [4.78, 5) is 31.9. The second-order valence-corrected chi connectivity index (χ2v) is 7.35. The van der Waals surface area contributed by atoms with Crippen molar-refractivity contribution in [2.24, 2.45) is 0 Å². The third-order valence-corrected chi connectivity index (χ3v) is 5.34. The fourth-order valence-corrected chi connectivity index (χ4v) is 3.53. The Balaban J connectivity index is 1.65. The first-order chi connectivity index (χ1) is 14.2. The van der Waals surface area contributed by atoms with Crippen molar-refractivity contribution in [3.63, 3.8) is 0 Å². The first-order valence-corrected chi connectivity index (χ1v) is 9.14. The number of H-pyrrole nitrogens is 1. The molecule has 0 radical (unpaired) electrons. The van der Waals surface area contributed by atoms with Crippen LogP contribution in [0.3, 0.4) is 0 Å². The number of rotatable bonds is 4. The zero-order chi connectivity index (χ0) is 21.6. The predicted molar refractivity (Wildman–Crippen MR) is 101 cm³/mol. The SMILES string of the molecule is C[C@H](NC(=O)C1(c2cc3cc(F)c(F)cc3[nH]c2=O)CC1)c1ncc(C#N)cc1F. The smallest absolute Gasteiger partial charge is 0.252 e. The molecule has 1 atom stereocenters. The number of aromatic nitrogens is 2. The minimum atomic E-state index is -1.13. The van der Waals surface area contributed by atoms with Gasteiger partial charge in [0.05, 0.1) is 28.2 Å². The third kappa shape index (κ3) is 3.20. The maximum atomic E-state index is 14.2. The molecule has 2 aromatic heterocycles. The van der Waals surface area contributed by atoms with Gasteiger partial charge in [-0.25, -0.2) is 13.2 Å². The fraction of sp³-hybridized carbons (Fsp3) is 0.238. The van der Waals surface area contributed by atoms with Crippen LogP contribution in [0, 0.1) is 28.8 Å². The molecule has 1 aromatic carbocycles. The van der Waals surface area contributed by atoms with Crippen LogP contribution in [0.1, 0.15) is 42.6 Å². The summed E-state index contributed by atoms with van der Waals surface area (Å²) in [5.41, 5.74) is -1.43. The second-order valence-electron chi connectivity index (χ2n) is 7.35. The number of nitrogens with one attached hydrogen (secondary N) is 2. The summed E-state index contributed by atoms with van der Waals surface area (Å²) in [6.45, 7) is 1.54. The molecule has 1 aliphatic rings. The van der Waals surface area contributed by atoms with Gasteiger partial charge in [0.15, 0.2) is 11.6 Å². The second kappa shape index (κ2) is 6.99. The molecule has 1 fully saturated rings. The highest BCUT2D eigenvalue weighted by Crippen LogP contribution is 2.48. The van der Waals surface area contributed by atoms with Gasteiger partial charge in [-0.2, -0.15) is 5.26 Å². The summed E-state index contributed by atoms with van der Waals surface area (Å²) in [6, 6.07) is 5.22. The zero-order valence-corrected chi connectivity index (χ0v) is 15.7. The number of aromatic amines is 1. The number of amides is 1. The van der Waals surface area contributed by atoms with Crippen molar-refractivity contribution in [1.29, 1.82) is 5.26 Å². The molecular weight excluding hydrogens is 397 g/mol. The van der Waals surface area contributed by atoms with Gasteiger partial charge in [0.25, 0.3) is 5.56 Å². The minimum absolute atomic E-state index is 0.0388. The van der Waals surface area contributed by atoms with E-state index in [4.69, 9.17) is 5.26 Å². The number of fused-ring (bicyclic) bond motifs is 1. The standard InChI is InChI=1S/C21H15F3N4O2/c1-10(18-16(24)4-11(8-25)9-26-18)27-20(30)21(2-3-21)13-5-12-6-14(22)15(23)7-17(12)28-19(13)29/h4-7,9-10H,2-3H2,1H3,(H,27,30)(H,28,29)/t10-/m0/s1. The fourth-order valence-electron chi connectivity index (χ4n) is 3.53. The van der Waals surface area contributed by atoms with Crippen LogP contribution in [-0.4, -0.2) is 15.9 Å². The molecule has 1 saturated carbocycles. The number of nitriles is 1. The maximum absolute atomic E-state index is 14.2. The van der Waals surface area contributed by atoms with Crippen molar-refractivity contribution in [1.82, 2.24) is 15.3 Å². The monoisotopic (exact) mass is 412 g/mol. The first kappa shape index (κ1) is 19.6. The lowest BCUT2D eigenvalue weighted by Gasteiger charge is -2.20. The van der Waals surface area contributed by atoms with E-state index in [-0.39, 0.29) is 27.7 Å². The van der Waals surface area contributed by atoms with Gasteiger partial charge in [-0.3, -0.25) is 14.6 Å². The number of nitrogens with zero attached hydrogens (tertiary/aromatic N) is 2. The van der Waals surface area contributed by atoms with E-state index in [1.807, 2.05) is 0 Å². The Bertz CT molecular complexity index is 1290. The van der Waals surface area contributed by atoms with Crippen molar-refractivity contribution in [3.05, 3.63) is 75.1 Å². The molecule has 0 unspecified atom stereocenters. The summed E-state index contributed by atoms with van der Waals surface area (Å²) in [7, 11) is 0. The number of hydrogen-bond acceptors (Lipinski definition) is 4. The average molecular weight is 412 g/mol. The average Bonchev–Trinajstić information content (AvgIpc) is 3.50. The number of halogens is 3. The highest BCUT2D eigenvalue weighted by Gasteiger charge is 2.53. The normalized spacial score (nSPS) is 15.4. The highest BCUT2D eigenvalue weighted by atomic mass is 19.2. The lowest BCUT2D eigenvalue weighted by molar-refractivity contribution is -0.124. The summed E-state index contributed by atoms with van der Waals surface area (Å²) in [6.07, 6.45) is 1.97. The van der Waals surface area contributed by atoms with Gasteiger partial charge in [-0.15, -0.1) is 0 Å². The van der Waals surface area contributed by atoms with Crippen LogP contribution in [0.4, 0.5) is 13.2 Å². The van der Waals surface area contributed by atoms with E-state index in [1.165, 1.54) is 19.2 Å². The van der Waals surface area contributed by atoms with E-state index in [1.54, 1.807) is 6.07 Å². The van der Waals surface area contributed by atoms with Gasteiger partial charge in [0.1, 0.15) is 11.9 Å². The van der Waals surface area contributed by atoms with Gasteiger partial charge in [-0.05, 0) is 38.0 Å². The molecule has 0 spiro atoms. The van der Waals surface area contributed by atoms with Crippen LogP contribution in [0.25, 0.3) is 10.9 Å². The van der Waals surface area contributed by atoms with Gasteiger partial charge in [0, 0.05) is 23.2 Å². The molecule has 30 heavy (non-hydrogen) atoms. The van der Waals surface area contributed by atoms with Crippen LogP contribution >= 0.6 is 0 Å². The molecule has 9 heteroatoms. The van der Waals surface area contributed by atoms with Gasteiger partial charge < -0.3 is 10.3 Å². The van der Waals surface area contributed by atoms with E-state index in [9.17, 15) is 22.8 Å². The van der Waals surface area contributed by atoms with E-state index in [0.29, 0.717) is 12.8 Å². The Morgan fingerprint density at radius 1 is 1.20 bits per heavy atom. The maximum Gasteiger partial charge on any atom is 0.252 e. The number of hydrogen-bond donors (Lipinski definition) is 2. The van der Waals surface area contributed by atoms with E-state index in [0.717, 1.165) is 18.2 Å². The third-order valence-electron chi connectivity index (χ3n) is 5.34. The van der Waals surface area contributed by atoms with E-state index < -0.39 is 40.4 Å². The molecular formula is C21H15F3N4O2. The molecule has 0 bridgehead atoms. The largest absolute Gasteiger partial charge is 0.347 e.